The number of carbonyl (C=O) groups excluding carboxylic acids is 1. The quantitative estimate of drug-likeness (QED) is 0.357. The van der Waals surface area contributed by atoms with E-state index in [9.17, 15) is 4.79 Å². The summed E-state index contributed by atoms with van der Waals surface area (Å²) in [5, 5.41) is 6.36. The van der Waals surface area contributed by atoms with E-state index >= 15 is 0 Å². The number of fused-ring (bicyclic) bond motifs is 1. The number of halogens is 1. The SMILES string of the molecule is CCNC(=NCc1ccc(OC)cc1)NCC(=O)N1CCCc2ccccc21.I. The first-order chi connectivity index (χ1) is 13.7. The zero-order chi connectivity index (χ0) is 19.8. The van der Waals surface area contributed by atoms with Gasteiger partial charge >= 0.3 is 0 Å². The molecular weight excluding hydrogens is 479 g/mol. The van der Waals surface area contributed by atoms with Crippen molar-refractivity contribution in [3.8, 4) is 5.75 Å². The van der Waals surface area contributed by atoms with E-state index in [0.717, 1.165) is 42.9 Å². The molecule has 6 nitrogen and oxygen atoms in total. The zero-order valence-electron chi connectivity index (χ0n) is 17.0. The molecular formula is C22H29IN4O2. The van der Waals surface area contributed by atoms with E-state index < -0.39 is 0 Å². The lowest BCUT2D eigenvalue weighted by molar-refractivity contribution is -0.117. The number of guanidine groups is 1. The second-order valence-corrected chi connectivity index (χ2v) is 6.67. The Morgan fingerprint density at radius 2 is 1.90 bits per heavy atom. The summed E-state index contributed by atoms with van der Waals surface area (Å²) in [5.74, 6) is 1.52. The van der Waals surface area contributed by atoms with E-state index in [1.165, 1.54) is 5.56 Å². The molecule has 156 valence electrons. The van der Waals surface area contributed by atoms with Crippen LogP contribution in [0.15, 0.2) is 53.5 Å². The summed E-state index contributed by atoms with van der Waals surface area (Å²) in [6.45, 7) is 4.24. The molecule has 2 aromatic rings. The van der Waals surface area contributed by atoms with Crippen molar-refractivity contribution < 1.29 is 9.53 Å². The van der Waals surface area contributed by atoms with Gasteiger partial charge in [0, 0.05) is 18.8 Å². The number of nitrogens with zero attached hydrogens (tertiary/aromatic N) is 2. The average molecular weight is 508 g/mol. The fourth-order valence-electron chi connectivity index (χ4n) is 3.29. The molecule has 0 aliphatic carbocycles. The van der Waals surface area contributed by atoms with Gasteiger partial charge in [-0.25, -0.2) is 4.99 Å². The van der Waals surface area contributed by atoms with Gasteiger partial charge in [-0.2, -0.15) is 0 Å². The van der Waals surface area contributed by atoms with Gasteiger partial charge in [0.2, 0.25) is 5.91 Å². The number of anilines is 1. The van der Waals surface area contributed by atoms with Crippen LogP contribution in [0.1, 0.15) is 24.5 Å². The minimum absolute atomic E-state index is 0. The maximum Gasteiger partial charge on any atom is 0.246 e. The van der Waals surface area contributed by atoms with Crippen LogP contribution in [-0.4, -0.2) is 38.6 Å². The molecule has 0 atom stereocenters. The second kappa shape index (κ2) is 11.6. The van der Waals surface area contributed by atoms with Crippen molar-refractivity contribution in [1.29, 1.82) is 0 Å². The van der Waals surface area contributed by atoms with E-state index in [-0.39, 0.29) is 36.4 Å². The summed E-state index contributed by atoms with van der Waals surface area (Å²) in [7, 11) is 1.65. The molecule has 3 rings (SSSR count). The molecule has 0 aromatic heterocycles. The number of benzene rings is 2. The molecule has 2 N–H and O–H groups in total. The van der Waals surface area contributed by atoms with E-state index in [1.807, 2.05) is 54.3 Å². The topological polar surface area (TPSA) is 66.0 Å². The molecule has 2 aromatic carbocycles. The Bertz CT molecular complexity index is 824. The van der Waals surface area contributed by atoms with Crippen LogP contribution in [0.2, 0.25) is 0 Å². The molecule has 0 spiro atoms. The van der Waals surface area contributed by atoms with Crippen LogP contribution in [0.4, 0.5) is 5.69 Å². The third-order valence-corrected chi connectivity index (χ3v) is 4.74. The van der Waals surface area contributed by atoms with E-state index in [4.69, 9.17) is 4.74 Å². The minimum atomic E-state index is 0. The monoisotopic (exact) mass is 508 g/mol. The predicted molar refractivity (Wildman–Crippen MR) is 128 cm³/mol. The Balaban J connectivity index is 0.00000300. The van der Waals surface area contributed by atoms with Crippen LogP contribution >= 0.6 is 24.0 Å². The lowest BCUT2D eigenvalue weighted by atomic mass is 10.0. The van der Waals surface area contributed by atoms with Crippen molar-refractivity contribution in [2.45, 2.75) is 26.3 Å². The standard InChI is InChI=1S/C22H28N4O2.HI/c1-3-23-22(24-15-17-10-12-19(28-2)13-11-17)25-16-21(27)26-14-6-8-18-7-4-5-9-20(18)26;/h4-5,7,9-13H,3,6,8,14-16H2,1-2H3,(H2,23,24,25);1H. The Labute approximate surface area is 189 Å². The van der Waals surface area contributed by atoms with Crippen molar-refractivity contribution in [3.63, 3.8) is 0 Å². The van der Waals surface area contributed by atoms with Gasteiger partial charge in [0.05, 0.1) is 20.2 Å². The molecule has 1 aliphatic heterocycles. The first kappa shape index (κ1) is 23.0. The Morgan fingerprint density at radius 3 is 2.62 bits per heavy atom. The molecule has 0 radical (unpaired) electrons. The maximum atomic E-state index is 12.8. The van der Waals surface area contributed by atoms with Crippen molar-refractivity contribution in [2.24, 2.45) is 4.99 Å². The Morgan fingerprint density at radius 1 is 1.14 bits per heavy atom. The Kier molecular flexibility index (Phi) is 9.24. The van der Waals surface area contributed by atoms with Gasteiger partial charge in [0.1, 0.15) is 5.75 Å². The molecule has 0 saturated carbocycles. The summed E-state index contributed by atoms with van der Waals surface area (Å²) in [6.07, 6.45) is 2.02. The number of hydrogen-bond acceptors (Lipinski definition) is 3. The van der Waals surface area contributed by atoms with Gasteiger partial charge in [-0.15, -0.1) is 24.0 Å². The molecule has 0 bridgehead atoms. The smallest absolute Gasteiger partial charge is 0.246 e. The highest BCUT2D eigenvalue weighted by Gasteiger charge is 2.21. The minimum Gasteiger partial charge on any atom is -0.497 e. The van der Waals surface area contributed by atoms with Crippen LogP contribution in [0.5, 0.6) is 5.75 Å². The molecule has 1 heterocycles. The zero-order valence-corrected chi connectivity index (χ0v) is 19.3. The number of hydrogen-bond donors (Lipinski definition) is 2. The van der Waals surface area contributed by atoms with Gasteiger partial charge in [-0.05, 0) is 49.1 Å². The van der Waals surface area contributed by atoms with Crippen molar-refractivity contribution >= 4 is 41.5 Å². The van der Waals surface area contributed by atoms with Crippen LogP contribution in [0.25, 0.3) is 0 Å². The highest BCUT2D eigenvalue weighted by atomic mass is 127. The third-order valence-electron chi connectivity index (χ3n) is 4.74. The number of carbonyl (C=O) groups is 1. The Hall–Kier alpha value is -2.29. The first-order valence-electron chi connectivity index (χ1n) is 9.74. The van der Waals surface area contributed by atoms with Gasteiger partial charge < -0.3 is 20.3 Å². The number of aliphatic imine (C=N–C) groups is 1. The van der Waals surface area contributed by atoms with Crippen LogP contribution in [0.3, 0.4) is 0 Å². The normalized spacial score (nSPS) is 13.2. The molecule has 0 fully saturated rings. The third kappa shape index (κ3) is 6.35. The lowest BCUT2D eigenvalue weighted by Gasteiger charge is -2.29. The van der Waals surface area contributed by atoms with Crippen molar-refractivity contribution in [2.75, 3.05) is 31.6 Å². The number of amides is 1. The molecule has 0 saturated heterocycles. The van der Waals surface area contributed by atoms with Crippen LogP contribution < -0.4 is 20.3 Å². The average Bonchev–Trinajstić information content (AvgIpc) is 2.75. The molecule has 1 aliphatic rings. The van der Waals surface area contributed by atoms with Gasteiger partial charge in [-0.3, -0.25) is 4.79 Å². The summed E-state index contributed by atoms with van der Waals surface area (Å²) in [4.78, 5) is 19.2. The fraction of sp³-hybridized carbons (Fsp3) is 0.364. The fourth-order valence-corrected chi connectivity index (χ4v) is 3.29. The summed E-state index contributed by atoms with van der Waals surface area (Å²) in [6, 6.07) is 15.9. The highest BCUT2D eigenvalue weighted by Crippen LogP contribution is 2.26. The number of nitrogens with one attached hydrogen (secondary N) is 2. The van der Waals surface area contributed by atoms with Crippen molar-refractivity contribution in [3.05, 3.63) is 59.7 Å². The summed E-state index contributed by atoms with van der Waals surface area (Å²) >= 11 is 0. The largest absolute Gasteiger partial charge is 0.497 e. The molecule has 7 heteroatoms. The number of para-hydroxylation sites is 1. The maximum absolute atomic E-state index is 12.8. The van der Waals surface area contributed by atoms with Gasteiger partial charge in [-0.1, -0.05) is 30.3 Å². The van der Waals surface area contributed by atoms with Crippen LogP contribution in [-0.2, 0) is 17.8 Å². The van der Waals surface area contributed by atoms with E-state index in [2.05, 4.69) is 21.7 Å². The van der Waals surface area contributed by atoms with Gasteiger partial charge in [0.25, 0.3) is 0 Å². The summed E-state index contributed by atoms with van der Waals surface area (Å²) < 4.78 is 5.18. The number of rotatable bonds is 6. The number of aryl methyl sites for hydroxylation is 1. The second-order valence-electron chi connectivity index (χ2n) is 6.67. The van der Waals surface area contributed by atoms with Crippen molar-refractivity contribution in [1.82, 2.24) is 10.6 Å². The van der Waals surface area contributed by atoms with Gasteiger partial charge in [0.15, 0.2) is 5.96 Å². The first-order valence-corrected chi connectivity index (χ1v) is 9.74. The number of methoxy groups -OCH3 is 1. The molecule has 1 amide bonds. The predicted octanol–water partition coefficient (Wildman–Crippen LogP) is 3.35. The lowest BCUT2D eigenvalue weighted by Crippen LogP contribution is -2.46. The van der Waals surface area contributed by atoms with E-state index in [1.54, 1.807) is 7.11 Å². The molecule has 0 unspecified atom stereocenters. The number of ether oxygens (including phenoxy) is 1. The van der Waals surface area contributed by atoms with E-state index in [0.29, 0.717) is 12.5 Å². The van der Waals surface area contributed by atoms with Crippen LogP contribution in [0, 0.1) is 0 Å². The highest BCUT2D eigenvalue weighted by molar-refractivity contribution is 14.0. The molecule has 29 heavy (non-hydrogen) atoms. The summed E-state index contributed by atoms with van der Waals surface area (Å²) in [5.41, 5.74) is 3.34.